The van der Waals surface area contributed by atoms with Crippen LogP contribution in [-0.2, 0) is 21.4 Å². The number of carbonyl (C=O) groups is 1. The molecule has 0 saturated carbocycles. The minimum Gasteiger partial charge on any atom is -0.433 e. The fourth-order valence-electron chi connectivity index (χ4n) is 2.98. The maximum atomic E-state index is 12.6. The lowest BCUT2D eigenvalue weighted by Gasteiger charge is -2.16. The highest BCUT2D eigenvalue weighted by molar-refractivity contribution is 7.89. The predicted molar refractivity (Wildman–Crippen MR) is 100 cm³/mol. The number of halogens is 2. The van der Waals surface area contributed by atoms with Crippen LogP contribution in [0.3, 0.4) is 0 Å². The molecule has 29 heavy (non-hydrogen) atoms. The molecular weight excluding hydrogens is 408 g/mol. The van der Waals surface area contributed by atoms with Crippen molar-refractivity contribution in [2.75, 3.05) is 18.4 Å². The summed E-state index contributed by atoms with van der Waals surface area (Å²) >= 11 is 0. The van der Waals surface area contributed by atoms with E-state index >= 15 is 0 Å². The molecule has 0 spiro atoms. The smallest absolute Gasteiger partial charge is 0.387 e. The zero-order valence-corrected chi connectivity index (χ0v) is 16.1. The second kappa shape index (κ2) is 8.70. The molecule has 0 unspecified atom stereocenters. The van der Waals surface area contributed by atoms with Crippen molar-refractivity contribution in [2.45, 2.75) is 30.9 Å². The first-order chi connectivity index (χ1) is 13.8. The molecule has 0 atom stereocenters. The SMILES string of the molecule is O=C(Cn1cc(S(=O)(=O)N2CCCC2)ccc1=O)Nc1ccccc1OC(F)F. The maximum Gasteiger partial charge on any atom is 0.387 e. The number of alkyl halides is 2. The Morgan fingerprint density at radius 2 is 1.83 bits per heavy atom. The van der Waals surface area contributed by atoms with Gasteiger partial charge in [-0.3, -0.25) is 9.59 Å². The lowest BCUT2D eigenvalue weighted by Crippen LogP contribution is -2.31. The molecule has 2 aromatic rings. The van der Waals surface area contributed by atoms with Gasteiger partial charge >= 0.3 is 6.61 Å². The van der Waals surface area contributed by atoms with E-state index < -0.39 is 34.6 Å². The lowest BCUT2D eigenvalue weighted by atomic mass is 10.3. The van der Waals surface area contributed by atoms with E-state index in [1.165, 1.54) is 34.6 Å². The molecule has 1 fully saturated rings. The van der Waals surface area contributed by atoms with Gasteiger partial charge in [0.15, 0.2) is 0 Å². The summed E-state index contributed by atoms with van der Waals surface area (Å²) in [6.07, 6.45) is 2.64. The van der Waals surface area contributed by atoms with Crippen LogP contribution < -0.4 is 15.6 Å². The topological polar surface area (TPSA) is 97.7 Å². The number of rotatable bonds is 7. The average Bonchev–Trinajstić information content (AvgIpc) is 3.20. The highest BCUT2D eigenvalue weighted by Gasteiger charge is 2.27. The Morgan fingerprint density at radius 3 is 2.52 bits per heavy atom. The molecule has 156 valence electrons. The summed E-state index contributed by atoms with van der Waals surface area (Å²) in [6.45, 7) is -2.75. The van der Waals surface area contributed by atoms with Crippen LogP contribution in [0.2, 0.25) is 0 Å². The number of nitrogens with one attached hydrogen (secondary N) is 1. The van der Waals surface area contributed by atoms with Crippen molar-refractivity contribution < 1.29 is 26.7 Å². The number of anilines is 1. The van der Waals surface area contributed by atoms with Crippen molar-refractivity contribution in [3.63, 3.8) is 0 Å². The number of nitrogens with zero attached hydrogens (tertiary/aromatic N) is 2. The summed E-state index contributed by atoms with van der Waals surface area (Å²) in [5.74, 6) is -0.929. The zero-order valence-electron chi connectivity index (χ0n) is 15.3. The molecule has 2 heterocycles. The second-order valence-electron chi connectivity index (χ2n) is 6.36. The van der Waals surface area contributed by atoms with Crippen LogP contribution in [0.25, 0.3) is 0 Å². The number of sulfonamides is 1. The van der Waals surface area contributed by atoms with Crippen LogP contribution in [0.4, 0.5) is 14.5 Å². The van der Waals surface area contributed by atoms with Crippen molar-refractivity contribution in [3.8, 4) is 5.75 Å². The number of aromatic nitrogens is 1. The van der Waals surface area contributed by atoms with Crippen molar-refractivity contribution >= 4 is 21.6 Å². The number of para-hydroxylation sites is 2. The van der Waals surface area contributed by atoms with Crippen LogP contribution in [0.5, 0.6) is 5.75 Å². The molecule has 8 nitrogen and oxygen atoms in total. The van der Waals surface area contributed by atoms with Crippen molar-refractivity contribution in [1.29, 1.82) is 0 Å². The van der Waals surface area contributed by atoms with E-state index in [9.17, 15) is 26.8 Å². The van der Waals surface area contributed by atoms with Crippen molar-refractivity contribution in [3.05, 3.63) is 52.9 Å². The highest BCUT2D eigenvalue weighted by atomic mass is 32.2. The van der Waals surface area contributed by atoms with Crippen LogP contribution in [-0.4, -0.2) is 42.9 Å². The van der Waals surface area contributed by atoms with Crippen molar-refractivity contribution in [2.24, 2.45) is 0 Å². The Morgan fingerprint density at radius 1 is 1.14 bits per heavy atom. The zero-order chi connectivity index (χ0) is 21.0. The fourth-order valence-corrected chi connectivity index (χ4v) is 4.51. The molecule has 1 aromatic heterocycles. The monoisotopic (exact) mass is 427 g/mol. The Bertz CT molecular complexity index is 1050. The normalized spacial score (nSPS) is 14.9. The summed E-state index contributed by atoms with van der Waals surface area (Å²) in [4.78, 5) is 24.3. The van der Waals surface area contributed by atoms with Crippen molar-refractivity contribution in [1.82, 2.24) is 8.87 Å². The van der Waals surface area contributed by atoms with Gasteiger partial charge in [0.1, 0.15) is 12.3 Å². The van der Waals surface area contributed by atoms with E-state index in [1.807, 2.05) is 0 Å². The molecule has 1 N–H and O–H groups in total. The van der Waals surface area contributed by atoms with E-state index in [-0.39, 0.29) is 16.3 Å². The van der Waals surface area contributed by atoms with Gasteiger partial charge in [-0.2, -0.15) is 13.1 Å². The number of hydrogen-bond donors (Lipinski definition) is 1. The number of ether oxygens (including phenoxy) is 1. The van der Waals surface area contributed by atoms with Gasteiger partial charge in [0, 0.05) is 25.4 Å². The number of benzene rings is 1. The lowest BCUT2D eigenvalue weighted by molar-refractivity contribution is -0.116. The van der Waals surface area contributed by atoms with Crippen LogP contribution >= 0.6 is 0 Å². The summed E-state index contributed by atoms with van der Waals surface area (Å²) in [6, 6.07) is 7.89. The largest absolute Gasteiger partial charge is 0.433 e. The van der Waals surface area contributed by atoms with Gasteiger partial charge in [-0.1, -0.05) is 12.1 Å². The molecule has 1 amide bonds. The average molecular weight is 427 g/mol. The van der Waals surface area contributed by atoms with Gasteiger partial charge in [0.25, 0.3) is 5.56 Å². The molecule has 0 aliphatic carbocycles. The molecule has 0 radical (unpaired) electrons. The predicted octanol–water partition coefficient (Wildman–Crippen LogP) is 1.87. The van der Waals surface area contributed by atoms with Gasteiger partial charge in [0.05, 0.1) is 10.6 Å². The number of carbonyl (C=O) groups excluding carboxylic acids is 1. The number of amides is 1. The van der Waals surface area contributed by atoms with E-state index in [0.717, 1.165) is 29.7 Å². The second-order valence-corrected chi connectivity index (χ2v) is 8.30. The summed E-state index contributed by atoms with van der Waals surface area (Å²) in [5, 5.41) is 2.39. The van der Waals surface area contributed by atoms with E-state index in [0.29, 0.717) is 13.1 Å². The third kappa shape index (κ3) is 4.98. The summed E-state index contributed by atoms with van der Waals surface area (Å²) in [7, 11) is -3.75. The van der Waals surface area contributed by atoms with E-state index in [1.54, 1.807) is 0 Å². The van der Waals surface area contributed by atoms with Gasteiger partial charge in [-0.05, 0) is 31.0 Å². The van der Waals surface area contributed by atoms with Gasteiger partial charge < -0.3 is 14.6 Å². The van der Waals surface area contributed by atoms with E-state index in [2.05, 4.69) is 10.1 Å². The quantitative estimate of drug-likeness (QED) is 0.728. The van der Waals surface area contributed by atoms with Crippen LogP contribution in [0.15, 0.2) is 52.3 Å². The molecule has 1 aliphatic rings. The Kier molecular flexibility index (Phi) is 6.28. The first-order valence-corrected chi connectivity index (χ1v) is 10.3. The molecule has 1 aliphatic heterocycles. The first-order valence-electron chi connectivity index (χ1n) is 8.82. The van der Waals surface area contributed by atoms with E-state index in [4.69, 9.17) is 0 Å². The third-order valence-electron chi connectivity index (χ3n) is 4.35. The standard InChI is InChI=1S/C18H19F2N3O5S/c19-18(20)28-15-6-2-1-5-14(15)21-16(24)12-22-11-13(7-8-17(22)25)29(26,27)23-9-3-4-10-23/h1-2,5-8,11,18H,3-4,9-10,12H2,(H,21,24). The molecular formula is C18H19F2N3O5S. The minimum atomic E-state index is -3.75. The minimum absolute atomic E-state index is 0.00620. The Balaban J connectivity index is 1.78. The Labute approximate surface area is 165 Å². The number of hydrogen-bond acceptors (Lipinski definition) is 5. The highest BCUT2D eigenvalue weighted by Crippen LogP contribution is 2.25. The summed E-state index contributed by atoms with van der Waals surface area (Å²) in [5.41, 5.74) is -0.565. The molecule has 1 aromatic carbocycles. The van der Waals surface area contributed by atoms with Gasteiger partial charge in [0.2, 0.25) is 15.9 Å². The van der Waals surface area contributed by atoms with Crippen LogP contribution in [0, 0.1) is 0 Å². The summed E-state index contributed by atoms with van der Waals surface area (Å²) < 4.78 is 56.9. The van der Waals surface area contributed by atoms with Gasteiger partial charge in [-0.25, -0.2) is 8.42 Å². The Hall–Kier alpha value is -2.79. The molecule has 3 rings (SSSR count). The first kappa shape index (κ1) is 20.9. The van der Waals surface area contributed by atoms with Crippen LogP contribution in [0.1, 0.15) is 12.8 Å². The maximum absolute atomic E-state index is 12.6. The molecule has 0 bridgehead atoms. The molecule has 1 saturated heterocycles. The van der Waals surface area contributed by atoms with Gasteiger partial charge in [-0.15, -0.1) is 0 Å². The molecule has 11 heteroatoms. The third-order valence-corrected chi connectivity index (χ3v) is 6.23. The fraction of sp³-hybridized carbons (Fsp3) is 0.333. The number of pyridine rings is 1.